The number of likely N-dealkylation sites (N-methyl/N-ethyl adjacent to an activating group) is 1. The third-order valence-corrected chi connectivity index (χ3v) is 3.08. The number of carbonyl (C=O) groups excluding carboxylic acids is 1. The smallest absolute Gasteiger partial charge is 0.410 e. The molecule has 9 heteroatoms. The highest BCUT2D eigenvalue weighted by atomic mass is 127. The first kappa shape index (κ1) is 23.5. The highest BCUT2D eigenvalue weighted by Crippen LogP contribution is 2.08. The van der Waals surface area contributed by atoms with Gasteiger partial charge in [0.25, 0.3) is 0 Å². The van der Waals surface area contributed by atoms with E-state index in [9.17, 15) is 4.79 Å². The number of aromatic nitrogens is 2. The fourth-order valence-electron chi connectivity index (χ4n) is 1.87. The average molecular weight is 466 g/mol. The van der Waals surface area contributed by atoms with Gasteiger partial charge in [-0.1, -0.05) is 0 Å². The predicted octanol–water partition coefficient (Wildman–Crippen LogP) is 1.92. The summed E-state index contributed by atoms with van der Waals surface area (Å²) in [4.78, 5) is 17.6. The maximum atomic E-state index is 11.8. The molecule has 0 radical (unpaired) electrons. The van der Waals surface area contributed by atoms with Gasteiger partial charge in [0.05, 0.1) is 0 Å². The van der Waals surface area contributed by atoms with E-state index < -0.39 is 5.60 Å². The van der Waals surface area contributed by atoms with Crippen LogP contribution in [0, 0.1) is 0 Å². The average Bonchev–Trinajstić information content (AvgIpc) is 3.01. The summed E-state index contributed by atoms with van der Waals surface area (Å²) in [5, 5.41) is 10.6. The first-order valence-corrected chi connectivity index (χ1v) is 8.18. The number of ether oxygens (including phenoxy) is 1. The third kappa shape index (κ3) is 10.8. The highest BCUT2D eigenvalue weighted by Gasteiger charge is 2.19. The number of nitrogens with one attached hydrogen (secondary N) is 2. The van der Waals surface area contributed by atoms with Crippen LogP contribution in [0.25, 0.3) is 0 Å². The normalized spacial score (nSPS) is 11.5. The summed E-state index contributed by atoms with van der Waals surface area (Å²) in [5.74, 6) is 0.716. The third-order valence-electron chi connectivity index (χ3n) is 3.08. The maximum Gasteiger partial charge on any atom is 0.410 e. The number of carbonyl (C=O) groups is 1. The molecule has 25 heavy (non-hydrogen) atoms. The van der Waals surface area contributed by atoms with Gasteiger partial charge in [0, 0.05) is 52.7 Å². The number of aliphatic imine (C=N–C) groups is 1. The van der Waals surface area contributed by atoms with Gasteiger partial charge >= 0.3 is 6.09 Å². The van der Waals surface area contributed by atoms with E-state index in [1.807, 2.05) is 37.7 Å². The molecule has 0 saturated heterocycles. The molecule has 0 fully saturated rings. The molecule has 1 amide bonds. The Kier molecular flexibility index (Phi) is 11.2. The molecule has 0 aliphatic heterocycles. The zero-order valence-corrected chi connectivity index (χ0v) is 18.1. The van der Waals surface area contributed by atoms with Crippen molar-refractivity contribution in [1.29, 1.82) is 0 Å². The Morgan fingerprint density at radius 2 is 2.00 bits per heavy atom. The minimum absolute atomic E-state index is 0. The first-order valence-electron chi connectivity index (χ1n) is 8.18. The molecule has 1 rings (SSSR count). The predicted molar refractivity (Wildman–Crippen MR) is 110 cm³/mol. The Balaban J connectivity index is 0.00000576. The van der Waals surface area contributed by atoms with Crippen molar-refractivity contribution in [2.75, 3.05) is 33.7 Å². The molecule has 8 nitrogen and oxygen atoms in total. The molecule has 1 aromatic heterocycles. The SMILES string of the molecule is CN=C(NCCCn1cccn1)NCCN(C)C(=O)OC(C)(C)C.I. The number of hydrogen-bond donors (Lipinski definition) is 2. The molecule has 0 aliphatic rings. The molecule has 1 aromatic rings. The Morgan fingerprint density at radius 3 is 2.56 bits per heavy atom. The Labute approximate surface area is 167 Å². The largest absolute Gasteiger partial charge is 0.444 e. The van der Waals surface area contributed by atoms with Crippen molar-refractivity contribution < 1.29 is 9.53 Å². The van der Waals surface area contributed by atoms with Gasteiger partial charge < -0.3 is 20.3 Å². The molecular weight excluding hydrogens is 435 g/mol. The molecule has 0 aromatic carbocycles. The van der Waals surface area contributed by atoms with E-state index >= 15 is 0 Å². The highest BCUT2D eigenvalue weighted by molar-refractivity contribution is 14.0. The summed E-state index contributed by atoms with van der Waals surface area (Å²) in [6.45, 7) is 8.33. The lowest BCUT2D eigenvalue weighted by molar-refractivity contribution is 0.0302. The van der Waals surface area contributed by atoms with Gasteiger partial charge in [-0.15, -0.1) is 24.0 Å². The topological polar surface area (TPSA) is 83.8 Å². The lowest BCUT2D eigenvalue weighted by atomic mass is 10.2. The first-order chi connectivity index (χ1) is 11.3. The van der Waals surface area contributed by atoms with E-state index in [0.717, 1.165) is 19.5 Å². The van der Waals surface area contributed by atoms with Crippen LogP contribution in [-0.2, 0) is 11.3 Å². The van der Waals surface area contributed by atoms with Crippen molar-refractivity contribution in [1.82, 2.24) is 25.3 Å². The molecule has 0 unspecified atom stereocenters. The molecule has 144 valence electrons. The Hall–Kier alpha value is -1.52. The molecule has 2 N–H and O–H groups in total. The molecule has 0 bridgehead atoms. The van der Waals surface area contributed by atoms with Crippen LogP contribution in [0.3, 0.4) is 0 Å². The fourth-order valence-corrected chi connectivity index (χ4v) is 1.87. The fraction of sp³-hybridized carbons (Fsp3) is 0.688. The van der Waals surface area contributed by atoms with Crippen LogP contribution in [0.1, 0.15) is 27.2 Å². The van der Waals surface area contributed by atoms with Crippen LogP contribution >= 0.6 is 24.0 Å². The lowest BCUT2D eigenvalue weighted by Gasteiger charge is -2.24. The van der Waals surface area contributed by atoms with E-state index in [0.29, 0.717) is 19.0 Å². The van der Waals surface area contributed by atoms with Gasteiger partial charge in [0.15, 0.2) is 5.96 Å². The minimum Gasteiger partial charge on any atom is -0.444 e. The van der Waals surface area contributed by atoms with Gasteiger partial charge in [0.1, 0.15) is 5.60 Å². The summed E-state index contributed by atoms with van der Waals surface area (Å²) >= 11 is 0. The van der Waals surface area contributed by atoms with Crippen LogP contribution in [0.5, 0.6) is 0 Å². The number of hydrogen-bond acceptors (Lipinski definition) is 4. The molecule has 0 atom stereocenters. The van der Waals surface area contributed by atoms with Crippen LogP contribution < -0.4 is 10.6 Å². The summed E-state index contributed by atoms with van der Waals surface area (Å²) in [5.41, 5.74) is -0.481. The quantitative estimate of drug-likeness (QED) is 0.278. The van der Waals surface area contributed by atoms with Crippen LogP contribution in [-0.4, -0.2) is 66.1 Å². The van der Waals surface area contributed by atoms with E-state index in [1.165, 1.54) is 0 Å². The number of rotatable bonds is 7. The maximum absolute atomic E-state index is 11.8. The molecule has 0 spiro atoms. The van der Waals surface area contributed by atoms with Gasteiger partial charge in [-0.25, -0.2) is 4.79 Å². The summed E-state index contributed by atoms with van der Waals surface area (Å²) in [6.07, 6.45) is 4.33. The van der Waals surface area contributed by atoms with Crippen LogP contribution in [0.2, 0.25) is 0 Å². The lowest BCUT2D eigenvalue weighted by Crippen LogP contribution is -2.43. The standard InChI is InChI=1S/C16H30N6O2.HI/c1-16(2,3)24-15(23)21(5)13-10-19-14(17-4)18-8-6-11-22-12-7-9-20-22;/h7,9,12H,6,8,10-11,13H2,1-5H3,(H2,17,18,19);1H. The van der Waals surface area contributed by atoms with Crippen molar-refractivity contribution >= 4 is 36.0 Å². The molecule has 0 aliphatic carbocycles. The van der Waals surface area contributed by atoms with Crippen molar-refractivity contribution in [3.63, 3.8) is 0 Å². The second-order valence-corrected chi connectivity index (χ2v) is 6.45. The second-order valence-electron chi connectivity index (χ2n) is 6.45. The van der Waals surface area contributed by atoms with Crippen molar-refractivity contribution in [3.8, 4) is 0 Å². The van der Waals surface area contributed by atoms with Gasteiger partial charge in [-0.3, -0.25) is 9.67 Å². The molecule has 1 heterocycles. The summed E-state index contributed by atoms with van der Waals surface area (Å²) in [6, 6.07) is 1.91. The van der Waals surface area contributed by atoms with Gasteiger partial charge in [-0.05, 0) is 33.3 Å². The monoisotopic (exact) mass is 466 g/mol. The minimum atomic E-state index is -0.481. The summed E-state index contributed by atoms with van der Waals surface area (Å²) < 4.78 is 7.20. The van der Waals surface area contributed by atoms with E-state index in [4.69, 9.17) is 4.74 Å². The van der Waals surface area contributed by atoms with Crippen LogP contribution in [0.4, 0.5) is 4.79 Å². The van der Waals surface area contributed by atoms with Crippen molar-refractivity contribution in [2.24, 2.45) is 4.99 Å². The Morgan fingerprint density at radius 1 is 1.32 bits per heavy atom. The number of halogens is 1. The zero-order valence-electron chi connectivity index (χ0n) is 15.8. The number of nitrogens with zero attached hydrogens (tertiary/aromatic N) is 4. The van der Waals surface area contributed by atoms with Gasteiger partial charge in [0.2, 0.25) is 0 Å². The summed E-state index contributed by atoms with van der Waals surface area (Å²) in [7, 11) is 3.44. The zero-order chi connectivity index (χ0) is 18.0. The van der Waals surface area contributed by atoms with E-state index in [-0.39, 0.29) is 30.1 Å². The number of guanidine groups is 1. The van der Waals surface area contributed by atoms with E-state index in [2.05, 4.69) is 20.7 Å². The number of aryl methyl sites for hydroxylation is 1. The van der Waals surface area contributed by atoms with E-state index in [1.54, 1.807) is 25.2 Å². The Bertz CT molecular complexity index is 513. The van der Waals surface area contributed by atoms with Gasteiger partial charge in [-0.2, -0.15) is 5.10 Å². The second kappa shape index (κ2) is 11.9. The van der Waals surface area contributed by atoms with Crippen LogP contribution in [0.15, 0.2) is 23.5 Å². The molecular formula is C16H31IN6O2. The number of amides is 1. The van der Waals surface area contributed by atoms with Crippen molar-refractivity contribution in [3.05, 3.63) is 18.5 Å². The molecule has 0 saturated carbocycles. The van der Waals surface area contributed by atoms with Crippen molar-refractivity contribution in [2.45, 2.75) is 39.3 Å².